The van der Waals surface area contributed by atoms with Crippen LogP contribution in [0.15, 0.2) is 30.7 Å². The van der Waals surface area contributed by atoms with Crippen LogP contribution < -0.4 is 5.32 Å². The lowest BCUT2D eigenvalue weighted by Crippen LogP contribution is -2.40. The molecule has 3 nitrogen and oxygen atoms in total. The molecule has 0 aliphatic carbocycles. The first kappa shape index (κ1) is 10.8. The van der Waals surface area contributed by atoms with Gasteiger partial charge in [-0.15, -0.1) is 0 Å². The van der Waals surface area contributed by atoms with E-state index in [9.17, 15) is 0 Å². The van der Waals surface area contributed by atoms with Crippen LogP contribution in [-0.2, 0) is 0 Å². The van der Waals surface area contributed by atoms with Crippen molar-refractivity contribution in [3.05, 3.63) is 47.0 Å². The van der Waals surface area contributed by atoms with Crippen LogP contribution in [-0.4, -0.2) is 22.6 Å². The lowest BCUT2D eigenvalue weighted by Gasteiger charge is -2.28. The van der Waals surface area contributed by atoms with Crippen molar-refractivity contribution in [2.45, 2.75) is 12.8 Å². The second-order valence-electron chi connectivity index (χ2n) is 4.43. The number of imidazole rings is 1. The molecule has 1 saturated heterocycles. The summed E-state index contributed by atoms with van der Waals surface area (Å²) in [4.78, 5) is 4.26. The van der Waals surface area contributed by atoms with Crippen molar-refractivity contribution in [1.82, 2.24) is 14.9 Å². The molecule has 88 valence electrons. The maximum atomic E-state index is 6.16. The summed E-state index contributed by atoms with van der Waals surface area (Å²) >= 11 is 6.16. The molecule has 0 unspecified atom stereocenters. The van der Waals surface area contributed by atoms with Crippen molar-refractivity contribution in [3.63, 3.8) is 0 Å². The molecule has 1 N–H and O–H groups in total. The quantitative estimate of drug-likeness (QED) is 0.884. The Kier molecular flexibility index (Phi) is 2.65. The molecule has 3 rings (SSSR count). The summed E-state index contributed by atoms with van der Waals surface area (Å²) in [7, 11) is 0. The Morgan fingerprint density at radius 1 is 1.41 bits per heavy atom. The van der Waals surface area contributed by atoms with Gasteiger partial charge in [0.2, 0.25) is 0 Å². The zero-order valence-electron chi connectivity index (χ0n) is 9.65. The molecule has 0 radical (unpaired) electrons. The van der Waals surface area contributed by atoms with Gasteiger partial charge in [0.1, 0.15) is 0 Å². The Balaban J connectivity index is 2.09. The summed E-state index contributed by atoms with van der Waals surface area (Å²) in [5.41, 5.74) is 3.48. The van der Waals surface area contributed by atoms with E-state index < -0.39 is 0 Å². The second kappa shape index (κ2) is 4.17. The average molecular weight is 248 g/mol. The smallest absolute Gasteiger partial charge is 0.0994 e. The lowest BCUT2D eigenvalue weighted by atomic mass is 9.99. The lowest BCUT2D eigenvalue weighted by molar-refractivity contribution is 0.435. The minimum absolute atomic E-state index is 0.566. The third-order valence-corrected chi connectivity index (χ3v) is 3.77. The van der Waals surface area contributed by atoms with E-state index in [4.69, 9.17) is 11.6 Å². The van der Waals surface area contributed by atoms with Gasteiger partial charge in [-0.2, -0.15) is 0 Å². The Hall–Kier alpha value is -1.32. The van der Waals surface area contributed by atoms with E-state index in [1.54, 1.807) is 0 Å². The van der Waals surface area contributed by atoms with Gasteiger partial charge in [0.05, 0.1) is 12.0 Å². The normalized spacial score (nSPS) is 15.9. The van der Waals surface area contributed by atoms with Crippen LogP contribution >= 0.6 is 11.6 Å². The van der Waals surface area contributed by atoms with Crippen molar-refractivity contribution < 1.29 is 0 Å². The Morgan fingerprint density at radius 3 is 2.94 bits per heavy atom. The first-order chi connectivity index (χ1) is 8.27. The van der Waals surface area contributed by atoms with Crippen LogP contribution in [0.3, 0.4) is 0 Å². The summed E-state index contributed by atoms with van der Waals surface area (Å²) in [6.45, 7) is 4.11. The number of hydrogen-bond acceptors (Lipinski definition) is 2. The van der Waals surface area contributed by atoms with Gasteiger partial charge < -0.3 is 9.88 Å². The van der Waals surface area contributed by atoms with Crippen molar-refractivity contribution in [2.24, 2.45) is 0 Å². The number of nitrogens with zero attached hydrogens (tertiary/aromatic N) is 2. The molecular formula is C13H14ClN3. The van der Waals surface area contributed by atoms with Crippen molar-refractivity contribution in [1.29, 1.82) is 0 Å². The minimum atomic E-state index is 0.566. The zero-order valence-corrected chi connectivity index (χ0v) is 10.4. The van der Waals surface area contributed by atoms with Crippen molar-refractivity contribution >= 4 is 11.6 Å². The minimum Gasteiger partial charge on any atom is -0.315 e. The summed E-state index contributed by atoms with van der Waals surface area (Å²) in [6.07, 6.45) is 3.82. The SMILES string of the molecule is Cc1c(Cl)cccc1-n1cncc1C1CNC1. The van der Waals surface area contributed by atoms with Crippen molar-refractivity contribution in [2.75, 3.05) is 13.1 Å². The standard InChI is InChI=1S/C13H14ClN3/c1-9-11(14)3-2-4-12(9)17-8-16-7-13(17)10-5-15-6-10/h2-4,7-8,10,15H,5-6H2,1H3. The van der Waals surface area contributed by atoms with Gasteiger partial charge in [0.15, 0.2) is 0 Å². The van der Waals surface area contributed by atoms with Gasteiger partial charge >= 0.3 is 0 Å². The van der Waals surface area contributed by atoms with Crippen LogP contribution in [0.5, 0.6) is 0 Å². The molecule has 0 atom stereocenters. The van der Waals surface area contributed by atoms with Crippen LogP contribution in [0.2, 0.25) is 5.02 Å². The number of aromatic nitrogens is 2. The fourth-order valence-corrected chi connectivity index (χ4v) is 2.33. The summed E-state index contributed by atoms with van der Waals surface area (Å²) in [6, 6.07) is 5.98. The van der Waals surface area contributed by atoms with Gasteiger partial charge in [-0.1, -0.05) is 17.7 Å². The van der Waals surface area contributed by atoms with E-state index in [0.717, 1.165) is 29.4 Å². The summed E-state index contributed by atoms with van der Waals surface area (Å²) < 4.78 is 2.15. The van der Waals surface area contributed by atoms with Crippen molar-refractivity contribution in [3.8, 4) is 5.69 Å². The molecule has 1 aromatic carbocycles. The predicted molar refractivity (Wildman–Crippen MR) is 68.9 cm³/mol. The van der Waals surface area contributed by atoms with E-state index >= 15 is 0 Å². The third kappa shape index (κ3) is 1.75. The van der Waals surface area contributed by atoms with Crippen LogP contribution in [0.1, 0.15) is 17.2 Å². The molecule has 0 saturated carbocycles. The van der Waals surface area contributed by atoms with E-state index in [1.807, 2.05) is 31.6 Å². The van der Waals surface area contributed by atoms with E-state index in [0.29, 0.717) is 5.92 Å². The monoisotopic (exact) mass is 247 g/mol. The molecule has 4 heteroatoms. The number of hydrogen-bond donors (Lipinski definition) is 1. The number of halogens is 1. The maximum Gasteiger partial charge on any atom is 0.0994 e. The van der Waals surface area contributed by atoms with Gasteiger partial charge in [-0.3, -0.25) is 0 Å². The van der Waals surface area contributed by atoms with Gasteiger partial charge in [0.25, 0.3) is 0 Å². The highest BCUT2D eigenvalue weighted by Gasteiger charge is 2.23. The van der Waals surface area contributed by atoms with Gasteiger partial charge in [-0.25, -0.2) is 4.98 Å². The van der Waals surface area contributed by atoms with Gasteiger partial charge in [0, 0.05) is 35.9 Å². The molecule has 0 bridgehead atoms. The molecule has 0 spiro atoms. The van der Waals surface area contributed by atoms with E-state index in [2.05, 4.69) is 20.9 Å². The summed E-state index contributed by atoms with van der Waals surface area (Å²) in [5.74, 6) is 0.566. The van der Waals surface area contributed by atoms with Crippen LogP contribution in [0.25, 0.3) is 5.69 Å². The predicted octanol–water partition coefficient (Wildman–Crippen LogP) is 2.52. The molecule has 1 aliphatic rings. The topological polar surface area (TPSA) is 29.9 Å². The Labute approximate surface area is 105 Å². The van der Waals surface area contributed by atoms with E-state index in [1.165, 1.54) is 5.69 Å². The van der Waals surface area contributed by atoms with Crippen LogP contribution in [0.4, 0.5) is 0 Å². The second-order valence-corrected chi connectivity index (χ2v) is 4.83. The Morgan fingerprint density at radius 2 is 2.24 bits per heavy atom. The zero-order chi connectivity index (χ0) is 11.8. The highest BCUT2D eigenvalue weighted by atomic mass is 35.5. The highest BCUT2D eigenvalue weighted by Crippen LogP contribution is 2.27. The molecule has 2 heterocycles. The Bertz CT molecular complexity index is 543. The third-order valence-electron chi connectivity index (χ3n) is 3.37. The average Bonchev–Trinajstić information content (AvgIpc) is 2.68. The molecule has 1 aromatic heterocycles. The molecule has 1 aliphatic heterocycles. The molecular weight excluding hydrogens is 234 g/mol. The molecule has 1 fully saturated rings. The summed E-state index contributed by atoms with van der Waals surface area (Å²) in [5, 5.41) is 4.09. The fraction of sp³-hybridized carbons (Fsp3) is 0.308. The maximum absolute atomic E-state index is 6.16. The largest absolute Gasteiger partial charge is 0.315 e. The number of benzene rings is 1. The number of rotatable bonds is 2. The number of nitrogens with one attached hydrogen (secondary N) is 1. The molecule has 17 heavy (non-hydrogen) atoms. The first-order valence-corrected chi connectivity index (χ1v) is 6.13. The van der Waals surface area contributed by atoms with Gasteiger partial charge in [-0.05, 0) is 24.6 Å². The fourth-order valence-electron chi connectivity index (χ4n) is 2.16. The molecule has 2 aromatic rings. The molecule has 0 amide bonds. The first-order valence-electron chi connectivity index (χ1n) is 5.76. The van der Waals surface area contributed by atoms with E-state index in [-0.39, 0.29) is 0 Å². The van der Waals surface area contributed by atoms with Crippen LogP contribution in [0, 0.1) is 6.92 Å². The highest BCUT2D eigenvalue weighted by molar-refractivity contribution is 6.31.